The number of para-hydroxylation sites is 2. The molecule has 1 aliphatic carbocycles. The Balaban J connectivity index is 2.10. The van der Waals surface area contributed by atoms with Crippen molar-refractivity contribution in [3.8, 4) is 5.75 Å². The molecule has 2 rings (SSSR count). The van der Waals surface area contributed by atoms with Crippen molar-refractivity contribution in [3.05, 3.63) is 24.3 Å². The molecule has 0 aliphatic heterocycles. The molecule has 0 spiro atoms. The lowest BCUT2D eigenvalue weighted by Gasteiger charge is -2.24. The van der Waals surface area contributed by atoms with Crippen LogP contribution in [0.3, 0.4) is 0 Å². The monoisotopic (exact) mass is 326 g/mol. The maximum Gasteiger partial charge on any atom is 0.232 e. The normalized spacial score (nSPS) is 14.5. The molecule has 1 fully saturated rings. The Hall–Kier alpha value is -1.76. The minimum absolute atomic E-state index is 0.00606. The van der Waals surface area contributed by atoms with Gasteiger partial charge in [-0.2, -0.15) is 0 Å². The number of hydrogen-bond donors (Lipinski definition) is 1. The number of hydrogen-bond acceptors (Lipinski definition) is 4. The molecule has 0 saturated heterocycles. The topological polar surface area (TPSA) is 75.7 Å². The van der Waals surface area contributed by atoms with Gasteiger partial charge in [0.1, 0.15) is 5.75 Å². The molecular formula is C15H22N2O4S. The van der Waals surface area contributed by atoms with E-state index < -0.39 is 10.0 Å². The van der Waals surface area contributed by atoms with E-state index in [-0.39, 0.29) is 24.9 Å². The van der Waals surface area contributed by atoms with Crippen LogP contribution < -0.4 is 14.4 Å². The minimum atomic E-state index is -3.46. The van der Waals surface area contributed by atoms with Crippen molar-refractivity contribution < 1.29 is 17.9 Å². The van der Waals surface area contributed by atoms with Crippen LogP contribution >= 0.6 is 0 Å². The molecule has 6 nitrogen and oxygen atoms in total. The summed E-state index contributed by atoms with van der Waals surface area (Å²) in [6.07, 6.45) is 3.00. The number of sulfonamides is 1. The predicted octanol–water partition coefficient (Wildman–Crippen LogP) is 1.38. The molecule has 1 N–H and O–H groups in total. The van der Waals surface area contributed by atoms with Crippen LogP contribution in [0.15, 0.2) is 24.3 Å². The van der Waals surface area contributed by atoms with Crippen LogP contribution in [-0.4, -0.2) is 40.3 Å². The zero-order valence-electron chi connectivity index (χ0n) is 12.9. The highest BCUT2D eigenvalue weighted by Crippen LogP contribution is 2.30. The van der Waals surface area contributed by atoms with Crippen LogP contribution in [0.1, 0.15) is 19.8 Å². The summed E-state index contributed by atoms with van der Waals surface area (Å²) in [5.74, 6) is 0.637. The van der Waals surface area contributed by atoms with E-state index in [1.807, 2.05) is 6.92 Å². The second kappa shape index (κ2) is 7.00. The van der Waals surface area contributed by atoms with E-state index in [0.717, 1.165) is 19.1 Å². The molecule has 0 atom stereocenters. The third-order valence-electron chi connectivity index (χ3n) is 3.40. The van der Waals surface area contributed by atoms with Crippen LogP contribution in [0.25, 0.3) is 0 Å². The van der Waals surface area contributed by atoms with Crippen molar-refractivity contribution in [3.63, 3.8) is 0 Å². The number of anilines is 1. The molecule has 0 radical (unpaired) electrons. The Labute approximate surface area is 131 Å². The molecule has 22 heavy (non-hydrogen) atoms. The van der Waals surface area contributed by atoms with Crippen molar-refractivity contribution in [1.29, 1.82) is 0 Å². The van der Waals surface area contributed by atoms with Gasteiger partial charge in [-0.15, -0.1) is 0 Å². The fourth-order valence-electron chi connectivity index (χ4n) is 2.18. The van der Waals surface area contributed by atoms with Gasteiger partial charge >= 0.3 is 0 Å². The largest absolute Gasteiger partial charge is 0.492 e. The quantitative estimate of drug-likeness (QED) is 0.783. The maximum absolute atomic E-state index is 12.1. The first-order valence-corrected chi connectivity index (χ1v) is 9.25. The summed E-state index contributed by atoms with van der Waals surface area (Å²) >= 11 is 0. The first-order valence-electron chi connectivity index (χ1n) is 7.40. The van der Waals surface area contributed by atoms with E-state index in [1.165, 1.54) is 4.31 Å². The third kappa shape index (κ3) is 4.37. The Kier molecular flexibility index (Phi) is 5.28. The standard InChI is InChI=1S/C15H22N2O4S/c1-3-21-14-7-5-4-6-13(14)17(22(2,19)20)11-10-16-15(18)12-8-9-12/h4-7,12H,3,8-11H2,1-2H3,(H,16,18). The van der Waals surface area contributed by atoms with E-state index >= 15 is 0 Å². The Morgan fingerprint density at radius 1 is 1.36 bits per heavy atom. The minimum Gasteiger partial charge on any atom is -0.492 e. The number of benzene rings is 1. The average molecular weight is 326 g/mol. The summed E-state index contributed by atoms with van der Waals surface area (Å²) in [5.41, 5.74) is 0.493. The van der Waals surface area contributed by atoms with Gasteiger partial charge in [-0.1, -0.05) is 12.1 Å². The van der Waals surface area contributed by atoms with Crippen LogP contribution in [0.5, 0.6) is 5.75 Å². The molecule has 122 valence electrons. The lowest BCUT2D eigenvalue weighted by molar-refractivity contribution is -0.122. The summed E-state index contributed by atoms with van der Waals surface area (Å²) in [6.45, 7) is 2.76. The first kappa shape index (κ1) is 16.6. The summed E-state index contributed by atoms with van der Waals surface area (Å²) in [7, 11) is -3.46. The van der Waals surface area contributed by atoms with Crippen LogP contribution in [-0.2, 0) is 14.8 Å². The number of rotatable bonds is 8. The highest BCUT2D eigenvalue weighted by Gasteiger charge is 2.29. The van der Waals surface area contributed by atoms with Crippen molar-refractivity contribution >= 4 is 21.6 Å². The molecule has 1 aromatic rings. The van der Waals surface area contributed by atoms with Crippen molar-refractivity contribution in [1.82, 2.24) is 5.32 Å². The van der Waals surface area contributed by atoms with Gasteiger partial charge in [-0.3, -0.25) is 9.10 Å². The summed E-state index contributed by atoms with van der Waals surface area (Å²) in [6, 6.07) is 7.00. The Morgan fingerprint density at radius 3 is 2.64 bits per heavy atom. The Bertz CT molecular complexity index is 626. The van der Waals surface area contributed by atoms with Gasteiger partial charge in [0.15, 0.2) is 0 Å². The highest BCUT2D eigenvalue weighted by molar-refractivity contribution is 7.92. The number of carbonyl (C=O) groups excluding carboxylic acids is 1. The van der Waals surface area contributed by atoms with Gasteiger partial charge in [0.25, 0.3) is 0 Å². The number of nitrogens with zero attached hydrogens (tertiary/aromatic N) is 1. The van der Waals surface area contributed by atoms with Gasteiger partial charge in [0.05, 0.1) is 25.1 Å². The van der Waals surface area contributed by atoms with E-state index in [2.05, 4.69) is 5.32 Å². The van der Waals surface area contributed by atoms with E-state index in [0.29, 0.717) is 18.0 Å². The summed E-state index contributed by atoms with van der Waals surface area (Å²) in [5, 5.41) is 2.78. The second-order valence-corrected chi connectivity index (χ2v) is 7.21. The number of nitrogens with one attached hydrogen (secondary N) is 1. The fourth-order valence-corrected chi connectivity index (χ4v) is 3.11. The lowest BCUT2D eigenvalue weighted by atomic mass is 10.3. The summed E-state index contributed by atoms with van der Waals surface area (Å²) in [4.78, 5) is 11.6. The molecule has 0 bridgehead atoms. The zero-order chi connectivity index (χ0) is 16.2. The first-order chi connectivity index (χ1) is 10.4. The van der Waals surface area contributed by atoms with E-state index in [9.17, 15) is 13.2 Å². The van der Waals surface area contributed by atoms with E-state index in [1.54, 1.807) is 24.3 Å². The SMILES string of the molecule is CCOc1ccccc1N(CCNC(=O)C1CC1)S(C)(=O)=O. The van der Waals surface area contributed by atoms with Crippen molar-refractivity contribution in [2.24, 2.45) is 5.92 Å². The maximum atomic E-state index is 12.1. The second-order valence-electron chi connectivity index (χ2n) is 5.30. The molecule has 0 aromatic heterocycles. The molecule has 1 aromatic carbocycles. The smallest absolute Gasteiger partial charge is 0.232 e. The van der Waals surface area contributed by atoms with Gasteiger partial charge < -0.3 is 10.1 Å². The third-order valence-corrected chi connectivity index (χ3v) is 4.58. The van der Waals surface area contributed by atoms with Crippen molar-refractivity contribution in [2.75, 3.05) is 30.3 Å². The van der Waals surface area contributed by atoms with Crippen LogP contribution in [0.4, 0.5) is 5.69 Å². The molecule has 1 saturated carbocycles. The van der Waals surface area contributed by atoms with Gasteiger partial charge in [-0.05, 0) is 31.9 Å². The predicted molar refractivity (Wildman–Crippen MR) is 85.5 cm³/mol. The van der Waals surface area contributed by atoms with Gasteiger partial charge in [-0.25, -0.2) is 8.42 Å². The fraction of sp³-hybridized carbons (Fsp3) is 0.533. The summed E-state index contributed by atoms with van der Waals surface area (Å²) < 4.78 is 30.9. The molecule has 0 unspecified atom stereocenters. The number of carbonyl (C=O) groups is 1. The van der Waals surface area contributed by atoms with Gasteiger partial charge in [0, 0.05) is 12.5 Å². The zero-order valence-corrected chi connectivity index (χ0v) is 13.7. The lowest BCUT2D eigenvalue weighted by Crippen LogP contribution is -2.38. The number of ether oxygens (including phenoxy) is 1. The Morgan fingerprint density at radius 2 is 2.05 bits per heavy atom. The van der Waals surface area contributed by atoms with E-state index in [4.69, 9.17) is 4.74 Å². The van der Waals surface area contributed by atoms with Gasteiger partial charge in [0.2, 0.25) is 15.9 Å². The molecule has 1 aliphatic rings. The van der Waals surface area contributed by atoms with Crippen molar-refractivity contribution in [2.45, 2.75) is 19.8 Å². The van der Waals surface area contributed by atoms with Crippen LogP contribution in [0.2, 0.25) is 0 Å². The number of amides is 1. The highest BCUT2D eigenvalue weighted by atomic mass is 32.2. The molecule has 7 heteroatoms. The molecule has 1 amide bonds. The molecule has 0 heterocycles. The van der Waals surface area contributed by atoms with Crippen LogP contribution in [0, 0.1) is 5.92 Å². The average Bonchev–Trinajstić information content (AvgIpc) is 3.28. The molecular weight excluding hydrogens is 304 g/mol.